The van der Waals surface area contributed by atoms with Gasteiger partial charge in [0.05, 0.1) is 5.69 Å². The molecule has 0 spiro atoms. The number of carbonyl (C=O) groups is 2. The lowest BCUT2D eigenvalue weighted by Crippen LogP contribution is -1.95. The molecule has 0 atom stereocenters. The number of nitrogens with zero attached hydrogens (tertiary/aromatic N) is 1. The van der Waals surface area contributed by atoms with Gasteiger partial charge in [0.1, 0.15) is 0 Å². The van der Waals surface area contributed by atoms with Gasteiger partial charge in [-0.15, -0.1) is 0 Å². The second kappa shape index (κ2) is 4.92. The summed E-state index contributed by atoms with van der Waals surface area (Å²) >= 11 is 0. The van der Waals surface area contributed by atoms with Crippen LogP contribution >= 0.6 is 0 Å². The van der Waals surface area contributed by atoms with E-state index in [2.05, 4.69) is 4.98 Å². The van der Waals surface area contributed by atoms with E-state index in [9.17, 15) is 9.59 Å². The number of Topliss-reactive ketones (excluding diaryl/α,β-unsaturated/α-hetero) is 2. The molecule has 0 bridgehead atoms. The molecule has 0 aliphatic rings. The van der Waals surface area contributed by atoms with E-state index in [1.165, 1.54) is 13.8 Å². The van der Waals surface area contributed by atoms with Crippen LogP contribution in [0.4, 0.5) is 0 Å². The maximum atomic E-state index is 11.3. The van der Waals surface area contributed by atoms with E-state index in [-0.39, 0.29) is 11.6 Å². The number of hydrogen-bond acceptors (Lipinski definition) is 3. The minimum atomic E-state index is 0.00127. The molecule has 18 heavy (non-hydrogen) atoms. The van der Waals surface area contributed by atoms with E-state index in [0.717, 1.165) is 5.56 Å². The number of pyridine rings is 1. The Morgan fingerprint density at radius 3 is 2.28 bits per heavy atom. The maximum Gasteiger partial charge on any atom is 0.159 e. The molecule has 2 rings (SSSR count). The smallest absolute Gasteiger partial charge is 0.159 e. The third kappa shape index (κ3) is 2.51. The SMILES string of the molecule is CC(=O)c1cccc(-c2cc(C(C)=O)ccn2)c1. The quantitative estimate of drug-likeness (QED) is 0.773. The molecule has 90 valence electrons. The fourth-order valence-electron chi connectivity index (χ4n) is 1.70. The molecule has 1 aromatic carbocycles. The van der Waals surface area contributed by atoms with Crippen molar-refractivity contribution in [3.63, 3.8) is 0 Å². The number of aromatic nitrogens is 1. The van der Waals surface area contributed by atoms with Gasteiger partial charge in [-0.3, -0.25) is 14.6 Å². The number of carbonyl (C=O) groups excluding carboxylic acids is 2. The molecule has 3 heteroatoms. The van der Waals surface area contributed by atoms with Gasteiger partial charge in [-0.1, -0.05) is 18.2 Å². The van der Waals surface area contributed by atoms with Gasteiger partial charge in [-0.2, -0.15) is 0 Å². The van der Waals surface area contributed by atoms with Gasteiger partial charge in [-0.05, 0) is 32.0 Å². The summed E-state index contributed by atoms with van der Waals surface area (Å²) in [7, 11) is 0. The van der Waals surface area contributed by atoms with Gasteiger partial charge in [0.25, 0.3) is 0 Å². The molecule has 0 fully saturated rings. The zero-order valence-electron chi connectivity index (χ0n) is 10.3. The molecular weight excluding hydrogens is 226 g/mol. The first-order valence-electron chi connectivity index (χ1n) is 5.66. The van der Waals surface area contributed by atoms with E-state index >= 15 is 0 Å². The Hall–Kier alpha value is -2.29. The summed E-state index contributed by atoms with van der Waals surface area (Å²) in [5.41, 5.74) is 2.80. The van der Waals surface area contributed by atoms with Gasteiger partial charge in [0, 0.05) is 22.9 Å². The lowest BCUT2D eigenvalue weighted by atomic mass is 10.0. The van der Waals surface area contributed by atoms with Crippen molar-refractivity contribution in [3.8, 4) is 11.3 Å². The highest BCUT2D eigenvalue weighted by Crippen LogP contribution is 2.19. The van der Waals surface area contributed by atoms with Crippen molar-refractivity contribution in [2.45, 2.75) is 13.8 Å². The fraction of sp³-hybridized carbons (Fsp3) is 0.133. The first-order valence-corrected chi connectivity index (χ1v) is 5.66. The van der Waals surface area contributed by atoms with Crippen LogP contribution in [0.5, 0.6) is 0 Å². The van der Waals surface area contributed by atoms with Gasteiger partial charge < -0.3 is 0 Å². The number of hydrogen-bond donors (Lipinski definition) is 0. The second-order valence-corrected chi connectivity index (χ2v) is 4.12. The largest absolute Gasteiger partial charge is 0.295 e. The summed E-state index contributed by atoms with van der Waals surface area (Å²) in [5, 5.41) is 0. The summed E-state index contributed by atoms with van der Waals surface area (Å²) < 4.78 is 0. The van der Waals surface area contributed by atoms with E-state index in [4.69, 9.17) is 0 Å². The van der Waals surface area contributed by atoms with Crippen molar-refractivity contribution in [1.29, 1.82) is 0 Å². The molecule has 2 aromatic rings. The summed E-state index contributed by atoms with van der Waals surface area (Å²) in [6, 6.07) is 10.7. The Kier molecular flexibility index (Phi) is 3.33. The Bertz CT molecular complexity index is 562. The molecular formula is C15H13NO2. The Balaban J connectivity index is 2.48. The molecule has 0 saturated carbocycles. The van der Waals surface area contributed by atoms with Crippen LogP contribution in [0.25, 0.3) is 11.3 Å². The van der Waals surface area contributed by atoms with Gasteiger partial charge in [0.2, 0.25) is 0 Å². The predicted octanol–water partition coefficient (Wildman–Crippen LogP) is 3.15. The topological polar surface area (TPSA) is 47.0 Å². The summed E-state index contributed by atoms with van der Waals surface area (Å²) in [6.45, 7) is 3.05. The van der Waals surface area contributed by atoms with Crippen LogP contribution in [0.15, 0.2) is 42.6 Å². The van der Waals surface area contributed by atoms with E-state index < -0.39 is 0 Å². The van der Waals surface area contributed by atoms with Crippen molar-refractivity contribution in [2.75, 3.05) is 0 Å². The number of ketones is 2. The fourth-order valence-corrected chi connectivity index (χ4v) is 1.70. The van der Waals surface area contributed by atoms with Gasteiger partial charge in [-0.25, -0.2) is 0 Å². The van der Waals surface area contributed by atoms with E-state index in [1.54, 1.807) is 30.5 Å². The van der Waals surface area contributed by atoms with Crippen LogP contribution in [0.1, 0.15) is 34.6 Å². The number of benzene rings is 1. The minimum Gasteiger partial charge on any atom is -0.295 e. The normalized spacial score (nSPS) is 10.1. The van der Waals surface area contributed by atoms with Crippen LogP contribution in [0.3, 0.4) is 0 Å². The van der Waals surface area contributed by atoms with E-state index in [0.29, 0.717) is 16.8 Å². The highest BCUT2D eigenvalue weighted by atomic mass is 16.1. The minimum absolute atomic E-state index is 0.00127. The Morgan fingerprint density at radius 2 is 1.61 bits per heavy atom. The average Bonchev–Trinajstić information content (AvgIpc) is 2.39. The van der Waals surface area contributed by atoms with Gasteiger partial charge in [0.15, 0.2) is 11.6 Å². The van der Waals surface area contributed by atoms with Crippen molar-refractivity contribution in [2.24, 2.45) is 0 Å². The van der Waals surface area contributed by atoms with Crippen molar-refractivity contribution in [1.82, 2.24) is 4.98 Å². The monoisotopic (exact) mass is 239 g/mol. The van der Waals surface area contributed by atoms with Crippen LogP contribution in [-0.4, -0.2) is 16.6 Å². The molecule has 0 unspecified atom stereocenters. The Labute approximate surface area is 105 Å². The summed E-state index contributed by atoms with van der Waals surface area (Å²) in [5.74, 6) is 0.0148. The Morgan fingerprint density at radius 1 is 0.944 bits per heavy atom. The van der Waals surface area contributed by atoms with Gasteiger partial charge >= 0.3 is 0 Å². The molecule has 0 radical (unpaired) electrons. The first-order chi connectivity index (χ1) is 8.58. The van der Waals surface area contributed by atoms with Crippen molar-refractivity contribution >= 4 is 11.6 Å². The predicted molar refractivity (Wildman–Crippen MR) is 69.7 cm³/mol. The molecule has 0 amide bonds. The van der Waals surface area contributed by atoms with Crippen LogP contribution in [0, 0.1) is 0 Å². The molecule has 0 saturated heterocycles. The molecule has 1 heterocycles. The average molecular weight is 239 g/mol. The van der Waals surface area contributed by atoms with Crippen molar-refractivity contribution in [3.05, 3.63) is 53.7 Å². The highest BCUT2D eigenvalue weighted by Gasteiger charge is 2.06. The molecule has 0 aliphatic carbocycles. The molecule has 1 aromatic heterocycles. The summed E-state index contributed by atoms with van der Waals surface area (Å²) in [6.07, 6.45) is 1.60. The zero-order valence-corrected chi connectivity index (χ0v) is 10.3. The van der Waals surface area contributed by atoms with Crippen LogP contribution < -0.4 is 0 Å². The third-order valence-electron chi connectivity index (χ3n) is 2.73. The van der Waals surface area contributed by atoms with Crippen LogP contribution in [0.2, 0.25) is 0 Å². The maximum absolute atomic E-state index is 11.3. The molecule has 3 nitrogen and oxygen atoms in total. The van der Waals surface area contributed by atoms with Crippen LogP contribution in [-0.2, 0) is 0 Å². The lowest BCUT2D eigenvalue weighted by Gasteiger charge is -2.04. The van der Waals surface area contributed by atoms with Crippen molar-refractivity contribution < 1.29 is 9.59 Å². The summed E-state index contributed by atoms with van der Waals surface area (Å²) in [4.78, 5) is 26.9. The standard InChI is InChI=1S/C15H13NO2/c1-10(17)12-4-3-5-14(8-12)15-9-13(11(2)18)6-7-16-15/h3-9H,1-2H3. The third-order valence-corrected chi connectivity index (χ3v) is 2.73. The highest BCUT2D eigenvalue weighted by molar-refractivity contribution is 5.96. The van der Waals surface area contributed by atoms with E-state index in [1.807, 2.05) is 12.1 Å². The second-order valence-electron chi connectivity index (χ2n) is 4.12. The number of rotatable bonds is 3. The molecule has 0 aliphatic heterocycles. The first kappa shape index (κ1) is 12.2. The zero-order chi connectivity index (χ0) is 13.1. The lowest BCUT2D eigenvalue weighted by molar-refractivity contribution is 0.100. The molecule has 0 N–H and O–H groups in total.